The number of hydrogen-bond donors (Lipinski definition) is 3. The molecule has 0 radical (unpaired) electrons. The van der Waals surface area contributed by atoms with Crippen LogP contribution in [0.2, 0.25) is 0 Å². The van der Waals surface area contributed by atoms with Crippen LogP contribution in [0.4, 0.5) is 0 Å². The van der Waals surface area contributed by atoms with E-state index in [4.69, 9.17) is 0 Å². The van der Waals surface area contributed by atoms with Crippen molar-refractivity contribution in [1.29, 1.82) is 0 Å². The average molecular weight is 527 g/mol. The topological polar surface area (TPSA) is 60.7 Å². The summed E-state index contributed by atoms with van der Waals surface area (Å²) in [4.78, 5) is 0. The third-order valence-corrected chi connectivity index (χ3v) is 5.91. The Balaban J connectivity index is -0.00000110. The van der Waals surface area contributed by atoms with E-state index in [1.807, 2.05) is 140 Å². The van der Waals surface area contributed by atoms with Crippen LogP contribution in [0.25, 0.3) is 0 Å². The number of rotatable bonds is 3. The zero-order valence-corrected chi connectivity index (χ0v) is 27.4. The second kappa shape index (κ2) is 20.1. The molecule has 3 aromatic rings. The van der Waals surface area contributed by atoms with Crippen molar-refractivity contribution in [2.24, 2.45) is 0 Å². The van der Waals surface area contributed by atoms with Gasteiger partial charge in [-0.2, -0.15) is 0 Å². The van der Waals surface area contributed by atoms with Gasteiger partial charge < -0.3 is 15.3 Å². The molecule has 0 aliphatic heterocycles. The van der Waals surface area contributed by atoms with Crippen LogP contribution in [-0.4, -0.2) is 15.3 Å². The predicted molar refractivity (Wildman–Crippen MR) is 170 cm³/mol. The van der Waals surface area contributed by atoms with E-state index in [1.165, 1.54) is 0 Å². The van der Waals surface area contributed by atoms with Gasteiger partial charge in [0.2, 0.25) is 0 Å². The van der Waals surface area contributed by atoms with E-state index >= 15 is 0 Å². The molecule has 0 atom stereocenters. The quantitative estimate of drug-likeness (QED) is 0.297. The normalized spacial score (nSPS) is 9.37. The van der Waals surface area contributed by atoms with Gasteiger partial charge in [0.25, 0.3) is 0 Å². The Hall–Kier alpha value is -2.94. The molecular formula is C35H58O3. The molecule has 3 N–H and O–H groups in total. The number of phenolic OH excluding ortho intramolecular Hbond substituents is 3. The van der Waals surface area contributed by atoms with E-state index in [1.54, 1.807) is 6.07 Å². The summed E-state index contributed by atoms with van der Waals surface area (Å²) in [7, 11) is 0. The number of aryl methyl sites for hydroxylation is 5. The molecule has 3 nitrogen and oxygen atoms in total. The first kappa shape index (κ1) is 39.6. The lowest BCUT2D eigenvalue weighted by atomic mass is 9.69. The maximum Gasteiger partial charge on any atom is 0.121 e. The Morgan fingerprint density at radius 3 is 0.947 bits per heavy atom. The molecular weight excluding hydrogens is 468 g/mol. The SMILES string of the molecule is CC.CC.CC.CC.CC.Cc1cc(C(C)(c2cc(C)c(O)c(C)c2)c2cc(C)c(O)c(C)c2)ccc1O. The summed E-state index contributed by atoms with van der Waals surface area (Å²) in [6, 6.07) is 13.7. The van der Waals surface area contributed by atoms with Crippen LogP contribution < -0.4 is 0 Å². The lowest BCUT2D eigenvalue weighted by Gasteiger charge is -2.34. The van der Waals surface area contributed by atoms with Gasteiger partial charge in [0.05, 0.1) is 0 Å². The van der Waals surface area contributed by atoms with Crippen LogP contribution in [0.1, 0.15) is 121 Å². The first-order valence-electron chi connectivity index (χ1n) is 14.5. The second-order valence-corrected chi connectivity index (χ2v) is 8.04. The highest BCUT2D eigenvalue weighted by Crippen LogP contribution is 2.43. The van der Waals surface area contributed by atoms with Crippen molar-refractivity contribution >= 4 is 0 Å². The molecule has 216 valence electrons. The van der Waals surface area contributed by atoms with E-state index < -0.39 is 5.41 Å². The van der Waals surface area contributed by atoms with Crippen LogP contribution in [0.15, 0.2) is 42.5 Å². The van der Waals surface area contributed by atoms with Crippen molar-refractivity contribution in [2.45, 2.75) is 116 Å². The predicted octanol–water partition coefficient (Wildman–Crippen LogP) is 10.8. The lowest BCUT2D eigenvalue weighted by molar-refractivity contribution is 0.465. The summed E-state index contributed by atoms with van der Waals surface area (Å²) in [6.07, 6.45) is 0. The van der Waals surface area contributed by atoms with Crippen LogP contribution in [0.3, 0.4) is 0 Å². The van der Waals surface area contributed by atoms with Gasteiger partial charge in [0.15, 0.2) is 0 Å². The molecule has 0 bridgehead atoms. The van der Waals surface area contributed by atoms with Crippen LogP contribution in [-0.2, 0) is 5.41 Å². The third-order valence-electron chi connectivity index (χ3n) is 5.91. The van der Waals surface area contributed by atoms with Crippen molar-refractivity contribution in [3.63, 3.8) is 0 Å². The van der Waals surface area contributed by atoms with Gasteiger partial charge in [-0.25, -0.2) is 0 Å². The number of phenols is 3. The summed E-state index contributed by atoms with van der Waals surface area (Å²) in [5.74, 6) is 0.888. The number of aromatic hydroxyl groups is 3. The smallest absolute Gasteiger partial charge is 0.121 e. The maximum atomic E-state index is 10.3. The minimum atomic E-state index is -0.523. The molecule has 0 spiro atoms. The fraction of sp³-hybridized carbons (Fsp3) is 0.486. The van der Waals surface area contributed by atoms with Crippen molar-refractivity contribution in [2.75, 3.05) is 0 Å². The summed E-state index contributed by atoms with van der Waals surface area (Å²) in [5.41, 5.74) is 6.72. The average Bonchev–Trinajstić information content (AvgIpc) is 2.96. The van der Waals surface area contributed by atoms with Crippen LogP contribution in [0, 0.1) is 34.6 Å². The van der Waals surface area contributed by atoms with Crippen molar-refractivity contribution < 1.29 is 15.3 Å². The number of hydrogen-bond acceptors (Lipinski definition) is 3. The second-order valence-electron chi connectivity index (χ2n) is 8.04. The third kappa shape index (κ3) is 9.42. The van der Waals surface area contributed by atoms with Gasteiger partial charge in [0, 0.05) is 5.41 Å². The van der Waals surface area contributed by atoms with Crippen LogP contribution in [0.5, 0.6) is 17.2 Å². The molecule has 0 heterocycles. The van der Waals surface area contributed by atoms with Gasteiger partial charge in [-0.3, -0.25) is 0 Å². The zero-order valence-electron chi connectivity index (χ0n) is 27.4. The molecule has 0 fully saturated rings. The van der Waals surface area contributed by atoms with Gasteiger partial charge in [-0.05, 0) is 92.1 Å². The van der Waals surface area contributed by atoms with Crippen molar-refractivity contribution in [3.8, 4) is 17.2 Å². The highest BCUT2D eigenvalue weighted by Gasteiger charge is 2.33. The molecule has 38 heavy (non-hydrogen) atoms. The Morgan fingerprint density at radius 2 is 0.684 bits per heavy atom. The maximum absolute atomic E-state index is 10.3. The molecule has 3 aromatic carbocycles. The standard InChI is InChI=1S/C25H28O3.5C2H6/c1-14-9-19(7-8-22(14)26)25(6,20-10-15(2)23(27)16(3)11-20)21-12-17(4)24(28)18(5)13-21;5*1-2/h7-13,26-28H,1-6H3;5*1-2H3. The zero-order chi connectivity index (χ0) is 30.8. The Morgan fingerprint density at radius 1 is 0.421 bits per heavy atom. The summed E-state index contributed by atoms with van der Waals surface area (Å²) < 4.78 is 0. The fourth-order valence-electron chi connectivity index (χ4n) is 3.96. The molecule has 3 rings (SSSR count). The van der Waals surface area contributed by atoms with Gasteiger partial charge >= 0.3 is 0 Å². The first-order chi connectivity index (χ1) is 18.1. The van der Waals surface area contributed by atoms with E-state index in [-0.39, 0.29) is 5.75 Å². The monoisotopic (exact) mass is 526 g/mol. The number of benzene rings is 3. The first-order valence-corrected chi connectivity index (χ1v) is 14.5. The summed E-state index contributed by atoms with van der Waals surface area (Å²) >= 11 is 0. The van der Waals surface area contributed by atoms with Crippen LogP contribution >= 0.6 is 0 Å². The molecule has 0 saturated heterocycles. The fourth-order valence-corrected chi connectivity index (χ4v) is 3.96. The molecule has 0 aliphatic rings. The Bertz CT molecular complexity index is 961. The Labute approximate surface area is 235 Å². The van der Waals surface area contributed by atoms with E-state index in [0.717, 1.165) is 44.5 Å². The summed E-state index contributed by atoms with van der Waals surface area (Å²) in [6.45, 7) is 31.7. The van der Waals surface area contributed by atoms with Gasteiger partial charge in [0.1, 0.15) is 17.2 Å². The molecule has 0 saturated carbocycles. The lowest BCUT2D eigenvalue weighted by Crippen LogP contribution is -2.26. The van der Waals surface area contributed by atoms with Crippen molar-refractivity contribution in [3.05, 3.63) is 87.0 Å². The van der Waals surface area contributed by atoms with Gasteiger partial charge in [-0.15, -0.1) is 0 Å². The molecule has 0 unspecified atom stereocenters. The van der Waals surface area contributed by atoms with Crippen molar-refractivity contribution in [1.82, 2.24) is 0 Å². The minimum Gasteiger partial charge on any atom is -0.508 e. The molecule has 0 amide bonds. The van der Waals surface area contributed by atoms with E-state index in [0.29, 0.717) is 11.5 Å². The Kier molecular flexibility index (Phi) is 20.9. The van der Waals surface area contributed by atoms with E-state index in [9.17, 15) is 15.3 Å². The molecule has 0 aromatic heterocycles. The van der Waals surface area contributed by atoms with Gasteiger partial charge in [-0.1, -0.05) is 106 Å². The van der Waals surface area contributed by atoms with E-state index in [2.05, 4.69) is 6.92 Å². The largest absolute Gasteiger partial charge is 0.508 e. The molecule has 0 aliphatic carbocycles. The highest BCUT2D eigenvalue weighted by molar-refractivity contribution is 5.58. The summed E-state index contributed by atoms with van der Waals surface area (Å²) in [5, 5.41) is 30.6. The highest BCUT2D eigenvalue weighted by atomic mass is 16.3. The minimum absolute atomic E-state index is 0.266. The molecule has 3 heteroatoms.